The molecule has 0 aliphatic rings. The normalized spacial score (nSPS) is 11.2. The number of carbonyl (C=O) groups is 1. The summed E-state index contributed by atoms with van der Waals surface area (Å²) in [5, 5.41) is 12.2. The van der Waals surface area contributed by atoms with Crippen molar-refractivity contribution in [2.24, 2.45) is 0 Å². The quantitative estimate of drug-likeness (QED) is 0.671. The van der Waals surface area contributed by atoms with Gasteiger partial charge in [0.2, 0.25) is 5.76 Å². The minimum Gasteiger partial charge on any atom is -0.475 e. The Hall–Kier alpha value is -1.33. The van der Waals surface area contributed by atoms with Crippen molar-refractivity contribution in [2.75, 3.05) is 26.2 Å². The minimum atomic E-state index is -1.01. The number of rotatable bonds is 9. The molecular formula is C14H24N2O3. The minimum absolute atomic E-state index is 0.0398. The lowest BCUT2D eigenvalue weighted by Gasteiger charge is -2.19. The van der Waals surface area contributed by atoms with E-state index in [2.05, 4.69) is 24.1 Å². The first kappa shape index (κ1) is 15.7. The summed E-state index contributed by atoms with van der Waals surface area (Å²) >= 11 is 0. The molecule has 5 heteroatoms. The van der Waals surface area contributed by atoms with Crippen molar-refractivity contribution in [2.45, 2.75) is 33.7 Å². The third kappa shape index (κ3) is 5.04. The van der Waals surface area contributed by atoms with Gasteiger partial charge in [-0.05, 0) is 32.5 Å². The highest BCUT2D eigenvalue weighted by molar-refractivity contribution is 5.86. The monoisotopic (exact) mass is 268 g/mol. The summed E-state index contributed by atoms with van der Waals surface area (Å²) in [5.41, 5.74) is 0.672. The second-order valence-corrected chi connectivity index (χ2v) is 4.64. The van der Waals surface area contributed by atoms with Gasteiger partial charge in [0.05, 0.1) is 6.54 Å². The van der Waals surface area contributed by atoms with E-state index in [1.165, 1.54) is 0 Å². The predicted molar refractivity (Wildman–Crippen MR) is 74.5 cm³/mol. The van der Waals surface area contributed by atoms with Crippen molar-refractivity contribution in [3.8, 4) is 0 Å². The van der Waals surface area contributed by atoms with Crippen molar-refractivity contribution in [1.29, 1.82) is 0 Å². The first-order chi connectivity index (χ1) is 9.08. The Bertz CT molecular complexity index is 401. The lowest BCUT2D eigenvalue weighted by Crippen LogP contribution is -2.32. The fourth-order valence-electron chi connectivity index (χ4n) is 2.04. The van der Waals surface area contributed by atoms with Crippen LogP contribution in [-0.2, 0) is 6.54 Å². The third-order valence-corrected chi connectivity index (χ3v) is 3.05. The number of furan rings is 1. The van der Waals surface area contributed by atoms with Crippen LogP contribution in [0.15, 0.2) is 10.5 Å². The molecule has 5 nitrogen and oxygen atoms in total. The highest BCUT2D eigenvalue weighted by atomic mass is 16.4. The van der Waals surface area contributed by atoms with E-state index in [4.69, 9.17) is 9.52 Å². The molecule has 0 fully saturated rings. The Kier molecular flexibility index (Phi) is 6.59. The van der Waals surface area contributed by atoms with Gasteiger partial charge in [-0.15, -0.1) is 0 Å². The van der Waals surface area contributed by atoms with Crippen LogP contribution >= 0.6 is 0 Å². The zero-order chi connectivity index (χ0) is 14.3. The molecule has 1 rings (SSSR count). The van der Waals surface area contributed by atoms with Crippen LogP contribution in [0.3, 0.4) is 0 Å². The molecule has 0 aromatic carbocycles. The number of carboxylic acid groups (broad SMARTS) is 1. The molecule has 0 spiro atoms. The molecule has 108 valence electrons. The summed E-state index contributed by atoms with van der Waals surface area (Å²) in [6, 6.07) is 1.78. The summed E-state index contributed by atoms with van der Waals surface area (Å²) < 4.78 is 5.28. The lowest BCUT2D eigenvalue weighted by molar-refractivity contribution is 0.0659. The molecule has 0 radical (unpaired) electrons. The Morgan fingerprint density at radius 1 is 1.42 bits per heavy atom. The Morgan fingerprint density at radius 2 is 2.16 bits per heavy atom. The molecule has 1 heterocycles. The number of nitrogens with zero attached hydrogens (tertiary/aromatic N) is 1. The van der Waals surface area contributed by atoms with E-state index in [0.29, 0.717) is 17.9 Å². The van der Waals surface area contributed by atoms with Crippen LogP contribution in [0.25, 0.3) is 0 Å². The second-order valence-electron chi connectivity index (χ2n) is 4.64. The van der Waals surface area contributed by atoms with Gasteiger partial charge < -0.3 is 19.7 Å². The standard InChI is InChI=1S/C14H24N2O3/c1-4-7-16(5-2)8-6-15-10-12-9-11(3)13(19-12)14(17)18/h9,15H,4-8,10H2,1-3H3,(H,17,18). The van der Waals surface area contributed by atoms with Crippen molar-refractivity contribution in [3.63, 3.8) is 0 Å². The van der Waals surface area contributed by atoms with Crippen LogP contribution in [0.1, 0.15) is 42.1 Å². The number of aromatic carboxylic acids is 1. The number of hydrogen-bond acceptors (Lipinski definition) is 4. The lowest BCUT2D eigenvalue weighted by atomic mass is 10.2. The zero-order valence-corrected chi connectivity index (χ0v) is 12.0. The smallest absolute Gasteiger partial charge is 0.372 e. The topological polar surface area (TPSA) is 65.7 Å². The van der Waals surface area contributed by atoms with E-state index in [0.717, 1.165) is 32.6 Å². The van der Waals surface area contributed by atoms with Crippen LogP contribution in [0.4, 0.5) is 0 Å². The Morgan fingerprint density at radius 3 is 2.68 bits per heavy atom. The summed E-state index contributed by atoms with van der Waals surface area (Å²) in [5.74, 6) is -0.296. The number of likely N-dealkylation sites (N-methyl/N-ethyl adjacent to an activating group) is 1. The van der Waals surface area contributed by atoms with Crippen molar-refractivity contribution >= 4 is 5.97 Å². The fraction of sp³-hybridized carbons (Fsp3) is 0.643. The third-order valence-electron chi connectivity index (χ3n) is 3.05. The molecule has 0 aliphatic heterocycles. The Balaban J connectivity index is 2.33. The van der Waals surface area contributed by atoms with Gasteiger partial charge in [-0.3, -0.25) is 0 Å². The van der Waals surface area contributed by atoms with Gasteiger partial charge in [-0.25, -0.2) is 4.79 Å². The average Bonchev–Trinajstić information content (AvgIpc) is 2.74. The first-order valence-corrected chi connectivity index (χ1v) is 6.84. The van der Waals surface area contributed by atoms with Crippen LogP contribution < -0.4 is 5.32 Å². The summed E-state index contributed by atoms with van der Waals surface area (Å²) in [6.07, 6.45) is 1.16. The van der Waals surface area contributed by atoms with Crippen LogP contribution in [0, 0.1) is 6.92 Å². The van der Waals surface area contributed by atoms with Crippen LogP contribution in [-0.4, -0.2) is 42.2 Å². The predicted octanol–water partition coefficient (Wildman–Crippen LogP) is 2.11. The maximum absolute atomic E-state index is 10.8. The summed E-state index contributed by atoms with van der Waals surface area (Å²) in [4.78, 5) is 13.2. The van der Waals surface area contributed by atoms with E-state index in [1.807, 2.05) is 0 Å². The number of carboxylic acids is 1. The average molecular weight is 268 g/mol. The number of aryl methyl sites for hydroxylation is 1. The molecule has 1 aromatic heterocycles. The van der Waals surface area contributed by atoms with Gasteiger partial charge >= 0.3 is 5.97 Å². The molecule has 0 saturated heterocycles. The van der Waals surface area contributed by atoms with Gasteiger partial charge in [-0.2, -0.15) is 0 Å². The molecular weight excluding hydrogens is 244 g/mol. The SMILES string of the molecule is CCCN(CC)CCNCc1cc(C)c(C(=O)O)o1. The van der Waals surface area contributed by atoms with Gasteiger partial charge in [0.1, 0.15) is 5.76 Å². The zero-order valence-electron chi connectivity index (χ0n) is 12.0. The van der Waals surface area contributed by atoms with Crippen LogP contribution in [0.2, 0.25) is 0 Å². The van der Waals surface area contributed by atoms with Gasteiger partial charge in [0, 0.05) is 18.7 Å². The maximum atomic E-state index is 10.8. The largest absolute Gasteiger partial charge is 0.475 e. The molecule has 0 atom stereocenters. The molecule has 0 saturated carbocycles. The molecule has 0 aliphatic carbocycles. The highest BCUT2D eigenvalue weighted by Gasteiger charge is 2.13. The van der Waals surface area contributed by atoms with Gasteiger partial charge in [0.15, 0.2) is 0 Å². The van der Waals surface area contributed by atoms with E-state index >= 15 is 0 Å². The van der Waals surface area contributed by atoms with Gasteiger partial charge in [0.25, 0.3) is 0 Å². The van der Waals surface area contributed by atoms with E-state index in [9.17, 15) is 4.79 Å². The highest BCUT2D eigenvalue weighted by Crippen LogP contribution is 2.14. The van der Waals surface area contributed by atoms with Crippen molar-refractivity contribution < 1.29 is 14.3 Å². The first-order valence-electron chi connectivity index (χ1n) is 6.84. The Labute approximate surface area is 114 Å². The van der Waals surface area contributed by atoms with Crippen molar-refractivity contribution in [1.82, 2.24) is 10.2 Å². The molecule has 2 N–H and O–H groups in total. The molecule has 0 unspecified atom stereocenters. The second kappa shape index (κ2) is 7.96. The van der Waals surface area contributed by atoms with E-state index in [1.54, 1.807) is 13.0 Å². The van der Waals surface area contributed by atoms with Gasteiger partial charge in [-0.1, -0.05) is 13.8 Å². The summed E-state index contributed by atoms with van der Waals surface area (Å²) in [6.45, 7) is 10.7. The molecule has 0 amide bonds. The number of hydrogen-bond donors (Lipinski definition) is 2. The maximum Gasteiger partial charge on any atom is 0.372 e. The van der Waals surface area contributed by atoms with E-state index in [-0.39, 0.29) is 5.76 Å². The number of nitrogens with one attached hydrogen (secondary N) is 1. The molecule has 0 bridgehead atoms. The summed E-state index contributed by atoms with van der Waals surface area (Å²) in [7, 11) is 0. The van der Waals surface area contributed by atoms with Crippen molar-refractivity contribution in [3.05, 3.63) is 23.2 Å². The fourth-order valence-corrected chi connectivity index (χ4v) is 2.04. The molecule has 1 aromatic rings. The molecule has 19 heavy (non-hydrogen) atoms. The van der Waals surface area contributed by atoms with E-state index < -0.39 is 5.97 Å². The van der Waals surface area contributed by atoms with Crippen LogP contribution in [0.5, 0.6) is 0 Å².